The molecule has 0 N–H and O–H groups in total. The van der Waals surface area contributed by atoms with Crippen LogP contribution in [0.5, 0.6) is 5.75 Å². The van der Waals surface area contributed by atoms with Crippen LogP contribution in [0.4, 0.5) is 0 Å². The van der Waals surface area contributed by atoms with E-state index in [2.05, 4.69) is 15.2 Å². The maximum Gasteiger partial charge on any atom is 0.170 e. The molecule has 1 aromatic carbocycles. The van der Waals surface area contributed by atoms with Gasteiger partial charge in [0, 0.05) is 18.0 Å². The smallest absolute Gasteiger partial charge is 0.170 e. The second-order valence-electron chi connectivity index (χ2n) is 4.77. The first kappa shape index (κ1) is 13.3. The highest BCUT2D eigenvalue weighted by molar-refractivity contribution is 5.62. The number of para-hydroxylation sites is 1. The first-order valence-corrected chi connectivity index (χ1v) is 6.68. The molecule has 5 nitrogen and oxygen atoms in total. The molecule has 0 spiro atoms. The normalized spacial score (nSPS) is 10.6. The molecule has 3 rings (SSSR count). The van der Waals surface area contributed by atoms with E-state index in [-0.39, 0.29) is 0 Å². The first-order valence-electron chi connectivity index (χ1n) is 6.68. The van der Waals surface area contributed by atoms with E-state index < -0.39 is 0 Å². The second-order valence-corrected chi connectivity index (χ2v) is 4.77. The SMILES string of the molecule is COc1cccc(C)c1-n1c(C)nnc1-c1cccnc1. The van der Waals surface area contributed by atoms with E-state index in [1.807, 2.05) is 48.7 Å². The van der Waals surface area contributed by atoms with Gasteiger partial charge in [-0.3, -0.25) is 9.55 Å². The van der Waals surface area contributed by atoms with Gasteiger partial charge in [-0.1, -0.05) is 12.1 Å². The zero-order chi connectivity index (χ0) is 14.8. The summed E-state index contributed by atoms with van der Waals surface area (Å²) in [6.07, 6.45) is 3.52. The molecule has 0 aliphatic carbocycles. The Morgan fingerprint density at radius 3 is 2.62 bits per heavy atom. The Bertz CT molecular complexity index is 765. The van der Waals surface area contributed by atoms with Gasteiger partial charge in [-0.15, -0.1) is 10.2 Å². The van der Waals surface area contributed by atoms with Crippen LogP contribution in [-0.4, -0.2) is 26.9 Å². The minimum atomic E-state index is 0.758. The van der Waals surface area contributed by atoms with Crippen molar-refractivity contribution in [3.63, 3.8) is 0 Å². The first-order chi connectivity index (χ1) is 10.2. The molecule has 0 atom stereocenters. The van der Waals surface area contributed by atoms with Gasteiger partial charge >= 0.3 is 0 Å². The van der Waals surface area contributed by atoms with Gasteiger partial charge in [0.05, 0.1) is 12.8 Å². The molecule has 0 aliphatic heterocycles. The fourth-order valence-electron chi connectivity index (χ4n) is 2.40. The van der Waals surface area contributed by atoms with E-state index >= 15 is 0 Å². The van der Waals surface area contributed by atoms with Crippen LogP contribution in [0.25, 0.3) is 17.1 Å². The third-order valence-corrected chi connectivity index (χ3v) is 3.39. The van der Waals surface area contributed by atoms with Gasteiger partial charge in [0.15, 0.2) is 5.82 Å². The molecule has 2 heterocycles. The molecule has 0 saturated heterocycles. The summed E-state index contributed by atoms with van der Waals surface area (Å²) in [5.74, 6) is 2.36. The van der Waals surface area contributed by atoms with E-state index in [9.17, 15) is 0 Å². The number of rotatable bonds is 3. The highest BCUT2D eigenvalue weighted by atomic mass is 16.5. The number of aromatic nitrogens is 4. The number of hydrogen-bond acceptors (Lipinski definition) is 4. The maximum atomic E-state index is 5.50. The molecule has 0 radical (unpaired) electrons. The summed E-state index contributed by atoms with van der Waals surface area (Å²) in [5.41, 5.74) is 2.98. The number of hydrogen-bond donors (Lipinski definition) is 0. The lowest BCUT2D eigenvalue weighted by molar-refractivity contribution is 0.412. The van der Waals surface area contributed by atoms with E-state index in [0.29, 0.717) is 0 Å². The molecular formula is C16H16N4O. The summed E-state index contributed by atoms with van der Waals surface area (Å²) in [6, 6.07) is 9.82. The van der Waals surface area contributed by atoms with Crippen LogP contribution in [0.15, 0.2) is 42.7 Å². The van der Waals surface area contributed by atoms with Crippen LogP contribution in [-0.2, 0) is 0 Å². The predicted octanol–water partition coefficient (Wildman–Crippen LogP) is 2.95. The molecule has 2 aromatic heterocycles. The average molecular weight is 280 g/mol. The topological polar surface area (TPSA) is 52.8 Å². The van der Waals surface area contributed by atoms with E-state index in [1.54, 1.807) is 19.5 Å². The van der Waals surface area contributed by atoms with E-state index in [0.717, 1.165) is 34.2 Å². The monoisotopic (exact) mass is 280 g/mol. The average Bonchev–Trinajstić information content (AvgIpc) is 2.89. The third-order valence-electron chi connectivity index (χ3n) is 3.39. The number of pyridine rings is 1. The summed E-state index contributed by atoms with van der Waals surface area (Å²) < 4.78 is 7.51. The van der Waals surface area contributed by atoms with Crippen molar-refractivity contribution in [3.05, 3.63) is 54.1 Å². The third kappa shape index (κ3) is 2.27. The van der Waals surface area contributed by atoms with Crippen molar-refractivity contribution in [2.45, 2.75) is 13.8 Å². The van der Waals surface area contributed by atoms with Crippen LogP contribution in [0, 0.1) is 13.8 Å². The Hall–Kier alpha value is -2.69. The van der Waals surface area contributed by atoms with Gasteiger partial charge in [0.25, 0.3) is 0 Å². The second kappa shape index (κ2) is 5.36. The van der Waals surface area contributed by atoms with Gasteiger partial charge in [-0.05, 0) is 37.6 Å². The van der Waals surface area contributed by atoms with Crippen LogP contribution < -0.4 is 4.74 Å². The lowest BCUT2D eigenvalue weighted by Crippen LogP contribution is -2.04. The van der Waals surface area contributed by atoms with Crippen LogP contribution >= 0.6 is 0 Å². The largest absolute Gasteiger partial charge is 0.495 e. The molecule has 3 aromatic rings. The van der Waals surface area contributed by atoms with Crippen molar-refractivity contribution < 1.29 is 4.74 Å². The lowest BCUT2D eigenvalue weighted by Gasteiger charge is -2.15. The van der Waals surface area contributed by atoms with Gasteiger partial charge in [-0.25, -0.2) is 0 Å². The molecule has 0 amide bonds. The number of aryl methyl sites for hydroxylation is 2. The molecule has 5 heteroatoms. The summed E-state index contributed by atoms with van der Waals surface area (Å²) in [4.78, 5) is 4.16. The zero-order valence-corrected chi connectivity index (χ0v) is 12.2. The van der Waals surface area contributed by atoms with Gasteiger partial charge in [0.2, 0.25) is 0 Å². The van der Waals surface area contributed by atoms with Crippen LogP contribution in [0.2, 0.25) is 0 Å². The van der Waals surface area contributed by atoms with Crippen LogP contribution in [0.3, 0.4) is 0 Å². The summed E-state index contributed by atoms with van der Waals surface area (Å²) in [7, 11) is 1.67. The Morgan fingerprint density at radius 1 is 1.05 bits per heavy atom. The molecule has 106 valence electrons. The Labute approximate surface area is 123 Å². The summed E-state index contributed by atoms with van der Waals surface area (Å²) >= 11 is 0. The molecule has 0 unspecified atom stereocenters. The molecule has 0 bridgehead atoms. The van der Waals surface area contributed by atoms with Crippen molar-refractivity contribution in [1.82, 2.24) is 19.7 Å². The molecule has 0 fully saturated rings. The molecule has 21 heavy (non-hydrogen) atoms. The fourth-order valence-corrected chi connectivity index (χ4v) is 2.40. The van der Waals surface area contributed by atoms with Gasteiger partial charge < -0.3 is 4.74 Å². The van der Waals surface area contributed by atoms with Crippen molar-refractivity contribution in [1.29, 1.82) is 0 Å². The Balaban J connectivity index is 2.28. The van der Waals surface area contributed by atoms with Gasteiger partial charge in [0.1, 0.15) is 11.6 Å². The fraction of sp³-hybridized carbons (Fsp3) is 0.188. The van der Waals surface area contributed by atoms with Crippen molar-refractivity contribution in [2.75, 3.05) is 7.11 Å². The quantitative estimate of drug-likeness (QED) is 0.740. The Kier molecular flexibility index (Phi) is 3.39. The van der Waals surface area contributed by atoms with Gasteiger partial charge in [-0.2, -0.15) is 0 Å². The minimum absolute atomic E-state index is 0.758. The van der Waals surface area contributed by atoms with E-state index in [1.165, 1.54) is 0 Å². The number of ether oxygens (including phenoxy) is 1. The van der Waals surface area contributed by atoms with Crippen molar-refractivity contribution >= 4 is 0 Å². The zero-order valence-electron chi connectivity index (χ0n) is 12.2. The standard InChI is InChI=1S/C16H16N4O/c1-11-6-4-8-14(21-3)15(11)20-12(2)18-19-16(20)13-7-5-9-17-10-13/h4-10H,1-3H3. The molecular weight excluding hydrogens is 264 g/mol. The molecule has 0 aliphatic rings. The predicted molar refractivity (Wildman–Crippen MR) is 80.6 cm³/mol. The Morgan fingerprint density at radius 2 is 1.90 bits per heavy atom. The maximum absolute atomic E-state index is 5.50. The van der Waals surface area contributed by atoms with Crippen molar-refractivity contribution in [2.24, 2.45) is 0 Å². The lowest BCUT2D eigenvalue weighted by atomic mass is 10.1. The number of nitrogens with zero attached hydrogens (tertiary/aromatic N) is 4. The number of methoxy groups -OCH3 is 1. The minimum Gasteiger partial charge on any atom is -0.495 e. The molecule has 0 saturated carbocycles. The van der Waals surface area contributed by atoms with Crippen LogP contribution in [0.1, 0.15) is 11.4 Å². The summed E-state index contributed by atoms with van der Waals surface area (Å²) in [5, 5.41) is 8.51. The highest BCUT2D eigenvalue weighted by Crippen LogP contribution is 2.31. The summed E-state index contributed by atoms with van der Waals surface area (Å²) in [6.45, 7) is 3.98. The van der Waals surface area contributed by atoms with Crippen molar-refractivity contribution in [3.8, 4) is 22.8 Å². The highest BCUT2D eigenvalue weighted by Gasteiger charge is 2.17. The number of benzene rings is 1. The van der Waals surface area contributed by atoms with E-state index in [4.69, 9.17) is 4.74 Å².